The highest BCUT2D eigenvalue weighted by Gasteiger charge is 2.09. The Kier molecular flexibility index (Phi) is 3.71. The monoisotopic (exact) mass is 279 g/mol. The van der Waals surface area contributed by atoms with E-state index in [4.69, 9.17) is 11.6 Å². The molecule has 3 nitrogen and oxygen atoms in total. The third kappa shape index (κ3) is 3.03. The van der Waals surface area contributed by atoms with Gasteiger partial charge in [-0.3, -0.25) is 4.79 Å². The molecule has 0 aliphatic rings. The molecule has 0 heterocycles. The number of phenolic OH excluding ortho intramolecular Hbond substituents is 1. The number of phenols is 1. The molecule has 0 aliphatic heterocycles. The summed E-state index contributed by atoms with van der Waals surface area (Å²) in [6, 6.07) is 8.51. The maximum absolute atomic E-state index is 13.2. The standard InChI is InChI=1S/C14H11ClFNO2/c1-8-6-9(2-5-13(8)18)14(19)17-10-3-4-11(15)12(16)7-10/h2-7,18H,1H3,(H,17,19). The van der Waals surface area contributed by atoms with Crippen molar-refractivity contribution in [1.82, 2.24) is 0 Å². The van der Waals surface area contributed by atoms with Crippen molar-refractivity contribution >= 4 is 23.2 Å². The Hall–Kier alpha value is -2.07. The van der Waals surface area contributed by atoms with Gasteiger partial charge in [-0.25, -0.2) is 4.39 Å². The molecule has 0 fully saturated rings. The van der Waals surface area contributed by atoms with Crippen LogP contribution in [0.2, 0.25) is 5.02 Å². The smallest absolute Gasteiger partial charge is 0.255 e. The number of hydrogen-bond acceptors (Lipinski definition) is 2. The largest absolute Gasteiger partial charge is 0.508 e. The van der Waals surface area contributed by atoms with E-state index in [-0.39, 0.29) is 16.7 Å². The molecule has 1 amide bonds. The second kappa shape index (κ2) is 5.28. The lowest BCUT2D eigenvalue weighted by atomic mass is 10.1. The van der Waals surface area contributed by atoms with E-state index in [1.165, 1.54) is 24.3 Å². The zero-order valence-corrected chi connectivity index (χ0v) is 10.8. The summed E-state index contributed by atoms with van der Waals surface area (Å²) >= 11 is 5.56. The number of benzene rings is 2. The van der Waals surface area contributed by atoms with Crippen molar-refractivity contribution in [1.29, 1.82) is 0 Å². The van der Waals surface area contributed by atoms with Gasteiger partial charge in [-0.2, -0.15) is 0 Å². The number of halogens is 2. The first kappa shape index (κ1) is 13.4. The van der Waals surface area contributed by atoms with Crippen molar-refractivity contribution in [3.05, 3.63) is 58.4 Å². The summed E-state index contributed by atoms with van der Waals surface area (Å²) in [5, 5.41) is 11.9. The van der Waals surface area contributed by atoms with Crippen molar-refractivity contribution in [3.8, 4) is 5.75 Å². The molecule has 0 saturated carbocycles. The number of amides is 1. The van der Waals surface area contributed by atoms with Crippen molar-refractivity contribution < 1.29 is 14.3 Å². The summed E-state index contributed by atoms with van der Waals surface area (Å²) in [4.78, 5) is 11.9. The second-order valence-corrected chi connectivity index (χ2v) is 4.49. The molecule has 0 bridgehead atoms. The summed E-state index contributed by atoms with van der Waals surface area (Å²) in [6.07, 6.45) is 0. The van der Waals surface area contributed by atoms with Gasteiger partial charge in [-0.05, 0) is 48.9 Å². The van der Waals surface area contributed by atoms with E-state index in [1.54, 1.807) is 13.0 Å². The highest BCUT2D eigenvalue weighted by Crippen LogP contribution is 2.21. The molecule has 2 N–H and O–H groups in total. The molecule has 0 aromatic heterocycles. The van der Waals surface area contributed by atoms with Gasteiger partial charge >= 0.3 is 0 Å². The van der Waals surface area contributed by atoms with E-state index >= 15 is 0 Å². The number of carbonyl (C=O) groups is 1. The first-order valence-corrected chi connectivity index (χ1v) is 5.91. The molecule has 2 rings (SSSR count). The van der Waals surface area contributed by atoms with Gasteiger partial charge in [0.2, 0.25) is 0 Å². The lowest BCUT2D eigenvalue weighted by molar-refractivity contribution is 0.102. The number of rotatable bonds is 2. The zero-order chi connectivity index (χ0) is 14.0. The van der Waals surface area contributed by atoms with Crippen LogP contribution in [-0.2, 0) is 0 Å². The molecule has 0 radical (unpaired) electrons. The fraction of sp³-hybridized carbons (Fsp3) is 0.0714. The number of aryl methyl sites for hydroxylation is 1. The van der Waals surface area contributed by atoms with Crippen molar-refractivity contribution in [3.63, 3.8) is 0 Å². The predicted molar refractivity (Wildman–Crippen MR) is 72.2 cm³/mol. The van der Waals surface area contributed by atoms with Gasteiger partial charge in [0.15, 0.2) is 0 Å². The Morgan fingerprint density at radius 2 is 2.00 bits per heavy atom. The van der Waals surface area contributed by atoms with Crippen LogP contribution in [0, 0.1) is 12.7 Å². The van der Waals surface area contributed by atoms with Gasteiger partial charge in [0.1, 0.15) is 11.6 Å². The Morgan fingerprint density at radius 1 is 1.26 bits per heavy atom. The molecule has 0 atom stereocenters. The van der Waals surface area contributed by atoms with Crippen LogP contribution >= 0.6 is 11.6 Å². The quantitative estimate of drug-likeness (QED) is 0.880. The minimum atomic E-state index is -0.596. The van der Waals surface area contributed by atoms with Crippen LogP contribution in [0.5, 0.6) is 5.75 Å². The van der Waals surface area contributed by atoms with E-state index in [1.807, 2.05) is 0 Å². The minimum absolute atomic E-state index is 0.00141. The first-order chi connectivity index (χ1) is 8.97. The van der Waals surface area contributed by atoms with Crippen molar-refractivity contribution in [2.45, 2.75) is 6.92 Å². The molecule has 0 aliphatic carbocycles. The van der Waals surface area contributed by atoms with Gasteiger partial charge in [-0.15, -0.1) is 0 Å². The van der Waals surface area contributed by atoms with Crippen LogP contribution in [0.3, 0.4) is 0 Å². The fourth-order valence-electron chi connectivity index (χ4n) is 1.57. The van der Waals surface area contributed by atoms with E-state index in [0.29, 0.717) is 16.8 Å². The van der Waals surface area contributed by atoms with Crippen molar-refractivity contribution in [2.75, 3.05) is 5.32 Å². The molecular weight excluding hydrogens is 269 g/mol. The SMILES string of the molecule is Cc1cc(C(=O)Nc2ccc(Cl)c(F)c2)ccc1O. The molecule has 2 aromatic carbocycles. The number of hydrogen-bond donors (Lipinski definition) is 2. The molecular formula is C14H11ClFNO2. The van der Waals surface area contributed by atoms with Gasteiger partial charge in [0.05, 0.1) is 5.02 Å². The highest BCUT2D eigenvalue weighted by atomic mass is 35.5. The molecule has 2 aromatic rings. The van der Waals surface area contributed by atoms with Gasteiger partial charge in [0, 0.05) is 11.3 Å². The normalized spacial score (nSPS) is 10.3. The van der Waals surface area contributed by atoms with E-state index in [0.717, 1.165) is 6.07 Å². The third-order valence-electron chi connectivity index (χ3n) is 2.64. The summed E-state index contributed by atoms with van der Waals surface area (Å²) in [6.45, 7) is 1.69. The number of anilines is 1. The topological polar surface area (TPSA) is 49.3 Å². The van der Waals surface area contributed by atoms with Crippen LogP contribution in [0.15, 0.2) is 36.4 Å². The van der Waals surface area contributed by atoms with Crippen molar-refractivity contribution in [2.24, 2.45) is 0 Å². The molecule has 0 unspecified atom stereocenters. The highest BCUT2D eigenvalue weighted by molar-refractivity contribution is 6.30. The second-order valence-electron chi connectivity index (χ2n) is 4.08. The van der Waals surface area contributed by atoms with Crippen LogP contribution in [0.25, 0.3) is 0 Å². The summed E-state index contributed by atoms with van der Waals surface area (Å²) in [7, 11) is 0. The van der Waals surface area contributed by atoms with Gasteiger partial charge in [-0.1, -0.05) is 11.6 Å². The van der Waals surface area contributed by atoms with Gasteiger partial charge < -0.3 is 10.4 Å². The molecule has 0 spiro atoms. The Balaban J connectivity index is 2.20. The van der Waals surface area contributed by atoms with Crippen LogP contribution in [0.1, 0.15) is 15.9 Å². The molecule has 5 heteroatoms. The average molecular weight is 280 g/mol. The molecule has 0 saturated heterocycles. The number of nitrogens with one attached hydrogen (secondary N) is 1. The van der Waals surface area contributed by atoms with E-state index in [9.17, 15) is 14.3 Å². The molecule has 98 valence electrons. The van der Waals surface area contributed by atoms with E-state index < -0.39 is 5.82 Å². The predicted octanol–water partition coefficient (Wildman–Crippen LogP) is 3.75. The Labute approximate surface area is 114 Å². The van der Waals surface area contributed by atoms with E-state index in [2.05, 4.69) is 5.32 Å². The maximum Gasteiger partial charge on any atom is 0.255 e. The molecule has 19 heavy (non-hydrogen) atoms. The summed E-state index contributed by atoms with van der Waals surface area (Å²) in [5.74, 6) is -0.861. The zero-order valence-electron chi connectivity index (χ0n) is 10.1. The number of carbonyl (C=O) groups excluding carboxylic acids is 1. The summed E-state index contributed by atoms with van der Waals surface area (Å²) < 4.78 is 13.2. The lowest BCUT2D eigenvalue weighted by Crippen LogP contribution is -2.12. The average Bonchev–Trinajstić information content (AvgIpc) is 2.37. The fourth-order valence-corrected chi connectivity index (χ4v) is 1.69. The Bertz CT molecular complexity index is 643. The maximum atomic E-state index is 13.2. The minimum Gasteiger partial charge on any atom is -0.508 e. The van der Waals surface area contributed by atoms with Crippen LogP contribution in [-0.4, -0.2) is 11.0 Å². The lowest BCUT2D eigenvalue weighted by Gasteiger charge is -2.07. The van der Waals surface area contributed by atoms with Gasteiger partial charge in [0.25, 0.3) is 5.91 Å². The summed E-state index contributed by atoms with van der Waals surface area (Å²) in [5.41, 5.74) is 1.29. The third-order valence-corrected chi connectivity index (χ3v) is 2.94. The van der Waals surface area contributed by atoms with Crippen LogP contribution in [0.4, 0.5) is 10.1 Å². The van der Waals surface area contributed by atoms with Crippen LogP contribution < -0.4 is 5.32 Å². The first-order valence-electron chi connectivity index (χ1n) is 5.53. The number of aromatic hydroxyl groups is 1. The Morgan fingerprint density at radius 3 is 2.63 bits per heavy atom.